The molecule has 0 bridgehead atoms. The summed E-state index contributed by atoms with van der Waals surface area (Å²) >= 11 is 5.75. The zero-order valence-corrected chi connectivity index (χ0v) is 11.2. The van der Waals surface area contributed by atoms with Gasteiger partial charge in [-0.25, -0.2) is 9.97 Å². The van der Waals surface area contributed by atoms with E-state index in [0.29, 0.717) is 37.3 Å². The van der Waals surface area contributed by atoms with Gasteiger partial charge in [-0.1, -0.05) is 0 Å². The topological polar surface area (TPSA) is 66.3 Å². The lowest BCUT2D eigenvalue weighted by atomic mass is 9.94. The van der Waals surface area contributed by atoms with Crippen molar-refractivity contribution in [1.29, 1.82) is 0 Å². The second-order valence-corrected chi connectivity index (χ2v) is 5.29. The average molecular weight is 270 g/mol. The van der Waals surface area contributed by atoms with E-state index in [1.807, 2.05) is 0 Å². The number of piperidine rings is 1. The first-order valence-electron chi connectivity index (χ1n) is 5.90. The maximum atomic E-state index is 12.2. The van der Waals surface area contributed by atoms with Crippen LogP contribution in [0.1, 0.15) is 35.9 Å². The summed E-state index contributed by atoms with van der Waals surface area (Å²) in [6.45, 7) is 4.63. The SMILES string of the molecule is Cc1cc(C(=O)N2CCC(C)(O)CC2)nc(Cl)n1. The van der Waals surface area contributed by atoms with E-state index in [4.69, 9.17) is 11.6 Å². The van der Waals surface area contributed by atoms with Crippen LogP contribution in [0, 0.1) is 6.92 Å². The van der Waals surface area contributed by atoms with Crippen molar-refractivity contribution in [2.24, 2.45) is 0 Å². The molecule has 0 radical (unpaired) electrons. The third-order valence-corrected chi connectivity index (χ3v) is 3.34. The van der Waals surface area contributed by atoms with Gasteiger partial charge in [-0.3, -0.25) is 4.79 Å². The van der Waals surface area contributed by atoms with Crippen molar-refractivity contribution in [3.05, 3.63) is 22.7 Å². The van der Waals surface area contributed by atoms with Crippen LogP contribution in [0.3, 0.4) is 0 Å². The third kappa shape index (κ3) is 2.97. The van der Waals surface area contributed by atoms with Crippen LogP contribution in [0.5, 0.6) is 0 Å². The molecule has 0 aromatic carbocycles. The normalized spacial score (nSPS) is 18.8. The number of likely N-dealkylation sites (tertiary alicyclic amines) is 1. The number of rotatable bonds is 1. The van der Waals surface area contributed by atoms with Crippen molar-refractivity contribution in [3.8, 4) is 0 Å². The highest BCUT2D eigenvalue weighted by Crippen LogP contribution is 2.22. The van der Waals surface area contributed by atoms with Crippen molar-refractivity contribution < 1.29 is 9.90 Å². The van der Waals surface area contributed by atoms with Gasteiger partial charge in [0, 0.05) is 18.8 Å². The zero-order chi connectivity index (χ0) is 13.3. The largest absolute Gasteiger partial charge is 0.390 e. The fraction of sp³-hybridized carbons (Fsp3) is 0.583. The number of halogens is 1. The lowest BCUT2D eigenvalue weighted by Gasteiger charge is -2.35. The van der Waals surface area contributed by atoms with Gasteiger partial charge in [0.25, 0.3) is 5.91 Å². The smallest absolute Gasteiger partial charge is 0.272 e. The van der Waals surface area contributed by atoms with Crippen LogP contribution in [0.25, 0.3) is 0 Å². The number of hydrogen-bond donors (Lipinski definition) is 1. The van der Waals surface area contributed by atoms with Crippen LogP contribution in [0.4, 0.5) is 0 Å². The molecule has 0 unspecified atom stereocenters. The minimum Gasteiger partial charge on any atom is -0.390 e. The summed E-state index contributed by atoms with van der Waals surface area (Å²) in [7, 11) is 0. The van der Waals surface area contributed by atoms with Gasteiger partial charge in [0.1, 0.15) is 5.69 Å². The Labute approximate surface area is 111 Å². The first-order valence-corrected chi connectivity index (χ1v) is 6.28. The summed E-state index contributed by atoms with van der Waals surface area (Å²) in [4.78, 5) is 21.8. The van der Waals surface area contributed by atoms with Crippen molar-refractivity contribution >= 4 is 17.5 Å². The summed E-state index contributed by atoms with van der Waals surface area (Å²) in [6.07, 6.45) is 1.16. The molecule has 0 spiro atoms. The van der Waals surface area contributed by atoms with Crippen LogP contribution in [0.2, 0.25) is 5.28 Å². The van der Waals surface area contributed by atoms with E-state index in [-0.39, 0.29) is 11.2 Å². The van der Waals surface area contributed by atoms with E-state index < -0.39 is 5.60 Å². The summed E-state index contributed by atoms with van der Waals surface area (Å²) in [5.74, 6) is -0.155. The Hall–Kier alpha value is -1.20. The zero-order valence-electron chi connectivity index (χ0n) is 10.5. The van der Waals surface area contributed by atoms with Gasteiger partial charge in [-0.2, -0.15) is 0 Å². The molecule has 1 aromatic rings. The predicted molar refractivity (Wildman–Crippen MR) is 67.5 cm³/mol. The Morgan fingerprint density at radius 2 is 2.06 bits per heavy atom. The van der Waals surface area contributed by atoms with Gasteiger partial charge >= 0.3 is 0 Å². The number of carbonyl (C=O) groups excluding carboxylic acids is 1. The minimum atomic E-state index is -0.671. The number of nitrogens with zero attached hydrogens (tertiary/aromatic N) is 3. The first kappa shape index (κ1) is 13.2. The van der Waals surface area contributed by atoms with Crippen LogP contribution in [0.15, 0.2) is 6.07 Å². The summed E-state index contributed by atoms with van der Waals surface area (Å²) in [5, 5.41) is 9.93. The molecule has 2 heterocycles. The maximum Gasteiger partial charge on any atom is 0.272 e. The van der Waals surface area contributed by atoms with Gasteiger partial charge in [0.05, 0.1) is 5.60 Å². The number of aromatic nitrogens is 2. The molecule has 1 saturated heterocycles. The third-order valence-electron chi connectivity index (χ3n) is 3.17. The highest BCUT2D eigenvalue weighted by molar-refractivity contribution is 6.28. The maximum absolute atomic E-state index is 12.2. The second kappa shape index (κ2) is 4.82. The van der Waals surface area contributed by atoms with Crippen molar-refractivity contribution in [1.82, 2.24) is 14.9 Å². The predicted octanol–water partition coefficient (Wildman–Crippen LogP) is 1.43. The van der Waals surface area contributed by atoms with Crippen LogP contribution >= 0.6 is 11.6 Å². The summed E-state index contributed by atoms with van der Waals surface area (Å²) in [6, 6.07) is 1.63. The fourth-order valence-corrected chi connectivity index (χ4v) is 2.22. The fourth-order valence-electron chi connectivity index (χ4n) is 2.00. The van der Waals surface area contributed by atoms with Crippen LogP contribution in [-0.4, -0.2) is 44.6 Å². The number of amides is 1. The first-order chi connectivity index (χ1) is 8.37. The van der Waals surface area contributed by atoms with Gasteiger partial charge < -0.3 is 10.0 Å². The number of aryl methyl sites for hydroxylation is 1. The van der Waals surface area contributed by atoms with Crippen LogP contribution in [-0.2, 0) is 0 Å². The van der Waals surface area contributed by atoms with Crippen molar-refractivity contribution in [2.45, 2.75) is 32.3 Å². The monoisotopic (exact) mass is 269 g/mol. The Morgan fingerprint density at radius 1 is 1.44 bits per heavy atom. The molecular weight excluding hydrogens is 254 g/mol. The lowest BCUT2D eigenvalue weighted by molar-refractivity contribution is -0.00220. The number of carbonyl (C=O) groups is 1. The number of aliphatic hydroxyl groups is 1. The lowest BCUT2D eigenvalue weighted by Crippen LogP contribution is -2.45. The molecule has 98 valence electrons. The summed E-state index contributed by atoms with van der Waals surface area (Å²) in [5.41, 5.74) is 0.312. The van der Waals surface area contributed by atoms with E-state index in [0.717, 1.165) is 0 Å². The summed E-state index contributed by atoms with van der Waals surface area (Å²) < 4.78 is 0. The van der Waals surface area contributed by atoms with Gasteiger partial charge in [0.15, 0.2) is 0 Å². The highest BCUT2D eigenvalue weighted by atomic mass is 35.5. The molecule has 1 amide bonds. The highest BCUT2D eigenvalue weighted by Gasteiger charge is 2.30. The quantitative estimate of drug-likeness (QED) is 0.783. The van der Waals surface area contributed by atoms with Crippen molar-refractivity contribution in [3.63, 3.8) is 0 Å². The van der Waals surface area contributed by atoms with E-state index in [1.54, 1.807) is 24.8 Å². The van der Waals surface area contributed by atoms with Crippen LogP contribution < -0.4 is 0 Å². The van der Waals surface area contributed by atoms with Gasteiger partial charge in [-0.05, 0) is 44.4 Å². The molecule has 1 aliphatic heterocycles. The second-order valence-electron chi connectivity index (χ2n) is 4.95. The standard InChI is InChI=1S/C12H16ClN3O2/c1-8-7-9(15-11(13)14-8)10(17)16-5-3-12(2,18)4-6-16/h7,18H,3-6H2,1-2H3. The Bertz CT molecular complexity index is 446. The minimum absolute atomic E-state index is 0.0855. The van der Waals surface area contributed by atoms with E-state index in [2.05, 4.69) is 9.97 Å². The molecule has 0 saturated carbocycles. The van der Waals surface area contributed by atoms with E-state index in [9.17, 15) is 9.90 Å². The Balaban J connectivity index is 2.12. The average Bonchev–Trinajstić information content (AvgIpc) is 2.27. The number of hydrogen-bond acceptors (Lipinski definition) is 4. The molecule has 5 nitrogen and oxygen atoms in total. The molecule has 1 fully saturated rings. The van der Waals surface area contributed by atoms with Crippen molar-refractivity contribution in [2.75, 3.05) is 13.1 Å². The van der Waals surface area contributed by atoms with Gasteiger partial charge in [-0.15, -0.1) is 0 Å². The van der Waals surface area contributed by atoms with E-state index >= 15 is 0 Å². The van der Waals surface area contributed by atoms with Gasteiger partial charge in [0.2, 0.25) is 5.28 Å². The molecule has 2 rings (SSSR count). The molecule has 6 heteroatoms. The Kier molecular flexibility index (Phi) is 3.54. The molecular formula is C12H16ClN3O2. The molecule has 0 aliphatic carbocycles. The molecule has 18 heavy (non-hydrogen) atoms. The molecule has 1 aromatic heterocycles. The Morgan fingerprint density at radius 3 is 2.61 bits per heavy atom. The van der Waals surface area contributed by atoms with E-state index in [1.165, 1.54) is 0 Å². The molecule has 1 N–H and O–H groups in total. The molecule has 1 aliphatic rings. The molecule has 0 atom stereocenters.